The van der Waals surface area contributed by atoms with Crippen molar-refractivity contribution < 1.29 is 8.42 Å². The number of hydrogen-bond donors (Lipinski definition) is 0. The first-order chi connectivity index (χ1) is 4.16. The fourth-order valence-corrected chi connectivity index (χ4v) is 3.79. The Balaban J connectivity index is 2.45. The second kappa shape index (κ2) is 1.34. The zero-order valence-corrected chi connectivity index (χ0v) is 6.08. The van der Waals surface area contributed by atoms with E-state index in [1.807, 2.05) is 0 Å². The van der Waals surface area contributed by atoms with Gasteiger partial charge in [-0.15, -0.1) is 0 Å². The standard InChI is InChI=1S/C6H10O2S/c7-9(8)5-1-2-6(9)3-4-6/h1-5H2. The van der Waals surface area contributed by atoms with Crippen LogP contribution in [0.5, 0.6) is 0 Å². The van der Waals surface area contributed by atoms with Crippen molar-refractivity contribution in [3.63, 3.8) is 0 Å². The monoisotopic (exact) mass is 146 g/mol. The van der Waals surface area contributed by atoms with Crippen LogP contribution in [-0.4, -0.2) is 18.9 Å². The van der Waals surface area contributed by atoms with E-state index < -0.39 is 9.84 Å². The molecule has 52 valence electrons. The first kappa shape index (κ1) is 5.71. The summed E-state index contributed by atoms with van der Waals surface area (Å²) in [6.07, 6.45) is 3.72. The zero-order valence-electron chi connectivity index (χ0n) is 5.26. The van der Waals surface area contributed by atoms with Gasteiger partial charge in [0.1, 0.15) is 0 Å². The van der Waals surface area contributed by atoms with Gasteiger partial charge in [0.25, 0.3) is 0 Å². The van der Waals surface area contributed by atoms with Crippen LogP contribution in [0.2, 0.25) is 0 Å². The summed E-state index contributed by atoms with van der Waals surface area (Å²) in [5, 5.41) is 0. The van der Waals surface area contributed by atoms with Crippen molar-refractivity contribution in [2.75, 3.05) is 5.75 Å². The van der Waals surface area contributed by atoms with E-state index in [2.05, 4.69) is 0 Å². The Hall–Kier alpha value is -0.0500. The summed E-state index contributed by atoms with van der Waals surface area (Å²) in [7, 11) is -2.61. The molecular formula is C6H10O2S. The van der Waals surface area contributed by atoms with E-state index in [0.717, 1.165) is 25.7 Å². The fourth-order valence-electron chi connectivity index (χ4n) is 1.66. The highest BCUT2D eigenvalue weighted by Gasteiger charge is 2.56. The minimum absolute atomic E-state index is 0.187. The van der Waals surface area contributed by atoms with Crippen LogP contribution in [-0.2, 0) is 9.84 Å². The molecule has 0 aromatic heterocycles. The molecule has 0 N–H and O–H groups in total. The first-order valence-electron chi connectivity index (χ1n) is 3.39. The van der Waals surface area contributed by atoms with Crippen LogP contribution in [0.4, 0.5) is 0 Å². The van der Waals surface area contributed by atoms with Gasteiger partial charge in [0.05, 0.1) is 10.5 Å². The van der Waals surface area contributed by atoms with E-state index in [4.69, 9.17) is 0 Å². The minimum Gasteiger partial charge on any atom is -0.228 e. The Bertz CT molecular complexity index is 223. The first-order valence-corrected chi connectivity index (χ1v) is 5.04. The summed E-state index contributed by atoms with van der Waals surface area (Å²) >= 11 is 0. The molecule has 2 fully saturated rings. The lowest BCUT2D eigenvalue weighted by atomic mass is 10.2. The quantitative estimate of drug-likeness (QED) is 0.505. The molecule has 0 bridgehead atoms. The molecule has 2 aliphatic rings. The van der Waals surface area contributed by atoms with Gasteiger partial charge in [-0.2, -0.15) is 0 Å². The Morgan fingerprint density at radius 3 is 2.00 bits per heavy atom. The smallest absolute Gasteiger partial charge is 0.156 e. The molecule has 1 saturated carbocycles. The topological polar surface area (TPSA) is 34.1 Å². The predicted molar refractivity (Wildman–Crippen MR) is 35.0 cm³/mol. The molecule has 0 atom stereocenters. The van der Waals surface area contributed by atoms with Gasteiger partial charge in [-0.25, -0.2) is 8.42 Å². The van der Waals surface area contributed by atoms with Crippen LogP contribution in [0.15, 0.2) is 0 Å². The molecule has 0 aromatic carbocycles. The normalized spacial score (nSPS) is 35.1. The summed E-state index contributed by atoms with van der Waals surface area (Å²) in [6.45, 7) is 0. The Morgan fingerprint density at radius 1 is 1.11 bits per heavy atom. The molecule has 0 aromatic rings. The van der Waals surface area contributed by atoms with Gasteiger partial charge in [-0.3, -0.25) is 0 Å². The molecular weight excluding hydrogens is 136 g/mol. The third-order valence-electron chi connectivity index (χ3n) is 2.51. The van der Waals surface area contributed by atoms with Crippen LogP contribution >= 0.6 is 0 Å². The highest BCUT2D eigenvalue weighted by Crippen LogP contribution is 2.51. The van der Waals surface area contributed by atoms with Crippen molar-refractivity contribution >= 4 is 9.84 Å². The van der Waals surface area contributed by atoms with E-state index in [0.29, 0.717) is 5.75 Å². The van der Waals surface area contributed by atoms with Crippen LogP contribution in [0.25, 0.3) is 0 Å². The van der Waals surface area contributed by atoms with Crippen molar-refractivity contribution in [2.24, 2.45) is 0 Å². The number of sulfone groups is 1. The van der Waals surface area contributed by atoms with Crippen LogP contribution in [0, 0.1) is 0 Å². The van der Waals surface area contributed by atoms with Crippen LogP contribution in [0.1, 0.15) is 25.7 Å². The summed E-state index contributed by atoms with van der Waals surface area (Å²) in [5.74, 6) is 0.451. The molecule has 1 spiro atoms. The van der Waals surface area contributed by atoms with Gasteiger partial charge in [0.2, 0.25) is 0 Å². The lowest BCUT2D eigenvalue weighted by Crippen LogP contribution is -2.16. The van der Waals surface area contributed by atoms with E-state index in [1.165, 1.54) is 0 Å². The molecule has 0 radical (unpaired) electrons. The molecule has 1 heterocycles. The summed E-state index contributed by atoms with van der Waals surface area (Å²) < 4.78 is 22.1. The highest BCUT2D eigenvalue weighted by atomic mass is 32.2. The molecule has 3 heteroatoms. The third-order valence-corrected chi connectivity index (χ3v) is 5.27. The maximum absolute atomic E-state index is 11.1. The van der Waals surface area contributed by atoms with Crippen molar-refractivity contribution in [1.82, 2.24) is 0 Å². The molecule has 2 nitrogen and oxygen atoms in total. The molecule has 9 heavy (non-hydrogen) atoms. The van der Waals surface area contributed by atoms with Crippen molar-refractivity contribution in [3.05, 3.63) is 0 Å². The predicted octanol–water partition coefficient (Wildman–Crippen LogP) is 0.728. The molecule has 1 aliphatic heterocycles. The van der Waals surface area contributed by atoms with Crippen LogP contribution < -0.4 is 0 Å². The van der Waals surface area contributed by atoms with Gasteiger partial charge in [0, 0.05) is 0 Å². The maximum Gasteiger partial charge on any atom is 0.156 e. The Labute approximate surface area is 55.2 Å². The van der Waals surface area contributed by atoms with Crippen molar-refractivity contribution in [1.29, 1.82) is 0 Å². The second-order valence-electron chi connectivity index (χ2n) is 3.11. The Morgan fingerprint density at radius 2 is 1.78 bits per heavy atom. The van der Waals surface area contributed by atoms with Gasteiger partial charge in [-0.05, 0) is 25.7 Å². The van der Waals surface area contributed by atoms with Crippen molar-refractivity contribution in [2.45, 2.75) is 30.4 Å². The van der Waals surface area contributed by atoms with Gasteiger partial charge in [-0.1, -0.05) is 0 Å². The van der Waals surface area contributed by atoms with Gasteiger partial charge >= 0.3 is 0 Å². The lowest BCUT2D eigenvalue weighted by molar-refractivity contribution is 0.588. The average molecular weight is 146 g/mol. The molecule has 0 unspecified atom stereocenters. The van der Waals surface area contributed by atoms with Gasteiger partial charge in [0.15, 0.2) is 9.84 Å². The van der Waals surface area contributed by atoms with Crippen molar-refractivity contribution in [3.8, 4) is 0 Å². The van der Waals surface area contributed by atoms with E-state index in [-0.39, 0.29) is 4.75 Å². The summed E-state index contributed by atoms with van der Waals surface area (Å²) in [5.41, 5.74) is 0. The molecule has 2 rings (SSSR count). The maximum atomic E-state index is 11.1. The zero-order chi connectivity index (χ0) is 6.54. The van der Waals surface area contributed by atoms with Gasteiger partial charge < -0.3 is 0 Å². The number of rotatable bonds is 0. The number of hydrogen-bond acceptors (Lipinski definition) is 2. The summed E-state index contributed by atoms with van der Waals surface area (Å²) in [6, 6.07) is 0. The second-order valence-corrected chi connectivity index (χ2v) is 5.61. The molecule has 1 saturated heterocycles. The SMILES string of the molecule is O=S1(=O)CCCC12CC2. The summed E-state index contributed by atoms with van der Waals surface area (Å²) in [4.78, 5) is 0. The van der Waals surface area contributed by atoms with E-state index in [1.54, 1.807) is 0 Å². The minimum atomic E-state index is -2.61. The fraction of sp³-hybridized carbons (Fsp3) is 1.00. The van der Waals surface area contributed by atoms with E-state index >= 15 is 0 Å². The molecule has 0 amide bonds. The largest absolute Gasteiger partial charge is 0.228 e. The van der Waals surface area contributed by atoms with E-state index in [9.17, 15) is 8.42 Å². The average Bonchev–Trinajstić information content (AvgIpc) is 2.41. The third kappa shape index (κ3) is 0.584. The highest BCUT2D eigenvalue weighted by molar-refractivity contribution is 7.93. The van der Waals surface area contributed by atoms with Crippen LogP contribution in [0.3, 0.4) is 0 Å². The molecule has 1 aliphatic carbocycles. The lowest BCUT2D eigenvalue weighted by Gasteiger charge is -2.01. The Kier molecular flexibility index (Phi) is 0.849.